The molecule has 0 saturated heterocycles. The minimum atomic E-state index is -0.551. The molecule has 0 radical (unpaired) electrons. The Morgan fingerprint density at radius 2 is 2.21 bits per heavy atom. The SMILES string of the molecule is Cn1nccc1NC(=O)c1ccc(Br)c([N+](=O)[O-])c1. The Bertz CT molecular complexity index is 653. The Hall–Kier alpha value is -2.22. The topological polar surface area (TPSA) is 90.1 Å². The summed E-state index contributed by atoms with van der Waals surface area (Å²) in [7, 11) is 1.68. The number of benzene rings is 1. The molecule has 8 heteroatoms. The number of nitro benzene ring substituents is 1. The van der Waals surface area contributed by atoms with Crippen LogP contribution in [0.15, 0.2) is 34.9 Å². The minimum Gasteiger partial charge on any atom is -0.307 e. The van der Waals surface area contributed by atoms with Gasteiger partial charge in [-0.3, -0.25) is 19.6 Å². The second-order valence-corrected chi connectivity index (χ2v) is 4.57. The van der Waals surface area contributed by atoms with E-state index < -0.39 is 10.8 Å². The summed E-state index contributed by atoms with van der Waals surface area (Å²) in [4.78, 5) is 22.2. The molecule has 0 unspecified atom stereocenters. The number of amides is 1. The lowest BCUT2D eigenvalue weighted by molar-refractivity contribution is -0.385. The summed E-state index contributed by atoms with van der Waals surface area (Å²) >= 11 is 3.06. The molecule has 98 valence electrons. The molecule has 0 bridgehead atoms. The van der Waals surface area contributed by atoms with Crippen molar-refractivity contribution in [1.82, 2.24) is 9.78 Å². The number of carbonyl (C=O) groups excluding carboxylic acids is 1. The fourth-order valence-corrected chi connectivity index (χ4v) is 1.87. The molecule has 0 saturated carbocycles. The number of aromatic nitrogens is 2. The molecule has 19 heavy (non-hydrogen) atoms. The highest BCUT2D eigenvalue weighted by Gasteiger charge is 2.16. The summed E-state index contributed by atoms with van der Waals surface area (Å²) in [5.74, 6) is 0.0785. The van der Waals surface area contributed by atoms with Crippen molar-refractivity contribution in [2.75, 3.05) is 5.32 Å². The van der Waals surface area contributed by atoms with Gasteiger partial charge in [-0.25, -0.2) is 0 Å². The lowest BCUT2D eigenvalue weighted by atomic mass is 10.2. The van der Waals surface area contributed by atoms with Crippen molar-refractivity contribution in [2.24, 2.45) is 7.05 Å². The van der Waals surface area contributed by atoms with Gasteiger partial charge in [0.2, 0.25) is 0 Å². The normalized spacial score (nSPS) is 10.2. The van der Waals surface area contributed by atoms with E-state index in [-0.39, 0.29) is 11.3 Å². The van der Waals surface area contributed by atoms with Crippen LogP contribution < -0.4 is 5.32 Å². The molecule has 0 aliphatic rings. The lowest BCUT2D eigenvalue weighted by Crippen LogP contribution is -2.14. The van der Waals surface area contributed by atoms with E-state index in [2.05, 4.69) is 26.3 Å². The van der Waals surface area contributed by atoms with Crippen LogP contribution in [0, 0.1) is 10.1 Å². The molecule has 7 nitrogen and oxygen atoms in total. The fourth-order valence-electron chi connectivity index (χ4n) is 1.48. The van der Waals surface area contributed by atoms with E-state index in [9.17, 15) is 14.9 Å². The van der Waals surface area contributed by atoms with Gasteiger partial charge in [0.25, 0.3) is 11.6 Å². The zero-order chi connectivity index (χ0) is 14.0. The first-order chi connectivity index (χ1) is 8.99. The van der Waals surface area contributed by atoms with Crippen LogP contribution in [0.3, 0.4) is 0 Å². The van der Waals surface area contributed by atoms with Gasteiger partial charge in [0.1, 0.15) is 5.82 Å². The number of anilines is 1. The van der Waals surface area contributed by atoms with Gasteiger partial charge in [-0.2, -0.15) is 5.10 Å². The third-order valence-corrected chi connectivity index (χ3v) is 3.14. The largest absolute Gasteiger partial charge is 0.307 e. The molecule has 1 amide bonds. The van der Waals surface area contributed by atoms with Crippen molar-refractivity contribution in [3.63, 3.8) is 0 Å². The number of aryl methyl sites for hydroxylation is 1. The van der Waals surface area contributed by atoms with Gasteiger partial charge < -0.3 is 5.32 Å². The predicted octanol–water partition coefficient (Wildman–Crippen LogP) is 2.34. The summed E-state index contributed by atoms with van der Waals surface area (Å²) in [6.07, 6.45) is 1.54. The summed E-state index contributed by atoms with van der Waals surface area (Å²) in [5, 5.41) is 17.3. The molecule has 1 aromatic carbocycles. The van der Waals surface area contributed by atoms with E-state index in [4.69, 9.17) is 0 Å². The van der Waals surface area contributed by atoms with Crippen molar-refractivity contribution in [1.29, 1.82) is 0 Å². The second-order valence-electron chi connectivity index (χ2n) is 3.72. The first-order valence-electron chi connectivity index (χ1n) is 5.22. The molecule has 2 aromatic rings. The lowest BCUT2D eigenvalue weighted by Gasteiger charge is -2.05. The Labute approximate surface area is 116 Å². The number of halogens is 1. The van der Waals surface area contributed by atoms with Crippen LogP contribution in [0.25, 0.3) is 0 Å². The Morgan fingerprint density at radius 1 is 1.47 bits per heavy atom. The van der Waals surface area contributed by atoms with Crippen LogP contribution in [0.4, 0.5) is 11.5 Å². The quantitative estimate of drug-likeness (QED) is 0.693. The van der Waals surface area contributed by atoms with Crippen LogP contribution in [0.1, 0.15) is 10.4 Å². The van der Waals surface area contributed by atoms with Crippen LogP contribution >= 0.6 is 15.9 Å². The van der Waals surface area contributed by atoms with Gasteiger partial charge in [-0.1, -0.05) is 0 Å². The third-order valence-electron chi connectivity index (χ3n) is 2.47. The summed E-state index contributed by atoms with van der Waals surface area (Å²) in [5.41, 5.74) is 0.0498. The number of hydrogen-bond donors (Lipinski definition) is 1. The zero-order valence-corrected chi connectivity index (χ0v) is 11.4. The molecule has 0 spiro atoms. The number of rotatable bonds is 3. The highest BCUT2D eigenvalue weighted by Crippen LogP contribution is 2.25. The van der Waals surface area contributed by atoms with E-state index in [1.165, 1.54) is 22.9 Å². The molecule has 1 heterocycles. The fraction of sp³-hybridized carbons (Fsp3) is 0.0909. The average Bonchev–Trinajstić information content (AvgIpc) is 2.75. The summed E-state index contributed by atoms with van der Waals surface area (Å²) in [6, 6.07) is 5.82. The molecule has 0 aliphatic carbocycles. The van der Waals surface area contributed by atoms with Crippen LogP contribution in [-0.4, -0.2) is 20.6 Å². The highest BCUT2D eigenvalue weighted by molar-refractivity contribution is 9.10. The molecule has 1 aromatic heterocycles. The predicted molar refractivity (Wildman–Crippen MR) is 72.0 cm³/mol. The number of nitro groups is 1. The number of hydrogen-bond acceptors (Lipinski definition) is 4. The molecule has 0 atom stereocenters. The molecule has 1 N–H and O–H groups in total. The number of nitrogens with one attached hydrogen (secondary N) is 1. The van der Waals surface area contributed by atoms with E-state index in [1.807, 2.05) is 0 Å². The van der Waals surface area contributed by atoms with Crippen LogP contribution in [-0.2, 0) is 7.05 Å². The van der Waals surface area contributed by atoms with Crippen molar-refractivity contribution in [2.45, 2.75) is 0 Å². The molecule has 2 rings (SSSR count). The zero-order valence-electron chi connectivity index (χ0n) is 9.83. The Balaban J connectivity index is 2.27. The number of carbonyl (C=O) groups is 1. The van der Waals surface area contributed by atoms with Gasteiger partial charge in [0.05, 0.1) is 15.6 Å². The minimum absolute atomic E-state index is 0.155. The van der Waals surface area contributed by atoms with Gasteiger partial charge in [0.15, 0.2) is 0 Å². The van der Waals surface area contributed by atoms with Crippen molar-refractivity contribution >= 4 is 33.3 Å². The van der Waals surface area contributed by atoms with Crippen molar-refractivity contribution in [3.05, 3.63) is 50.6 Å². The maximum atomic E-state index is 12.0. The van der Waals surface area contributed by atoms with E-state index in [0.29, 0.717) is 10.3 Å². The smallest absolute Gasteiger partial charge is 0.284 e. The maximum absolute atomic E-state index is 12.0. The van der Waals surface area contributed by atoms with Gasteiger partial charge in [-0.05, 0) is 28.1 Å². The molecule has 0 aliphatic heterocycles. The van der Waals surface area contributed by atoms with Gasteiger partial charge >= 0.3 is 0 Å². The third kappa shape index (κ3) is 2.79. The Morgan fingerprint density at radius 3 is 2.79 bits per heavy atom. The van der Waals surface area contributed by atoms with Gasteiger partial charge in [0, 0.05) is 24.7 Å². The number of nitrogens with zero attached hydrogens (tertiary/aromatic N) is 3. The first-order valence-corrected chi connectivity index (χ1v) is 6.01. The van der Waals surface area contributed by atoms with E-state index in [1.54, 1.807) is 19.3 Å². The van der Waals surface area contributed by atoms with Crippen molar-refractivity contribution in [3.8, 4) is 0 Å². The van der Waals surface area contributed by atoms with Crippen LogP contribution in [0.5, 0.6) is 0 Å². The highest BCUT2D eigenvalue weighted by atomic mass is 79.9. The average molecular weight is 325 g/mol. The Kier molecular flexibility index (Phi) is 3.61. The van der Waals surface area contributed by atoms with E-state index >= 15 is 0 Å². The molecule has 0 fully saturated rings. The summed E-state index contributed by atoms with van der Waals surface area (Å²) in [6.45, 7) is 0. The standard InChI is InChI=1S/C11H9BrN4O3/c1-15-10(4-5-13-15)14-11(17)7-2-3-8(12)9(6-7)16(18)19/h2-6H,1H3,(H,14,17). The second kappa shape index (κ2) is 5.19. The van der Waals surface area contributed by atoms with Crippen molar-refractivity contribution < 1.29 is 9.72 Å². The van der Waals surface area contributed by atoms with Crippen LogP contribution in [0.2, 0.25) is 0 Å². The summed E-state index contributed by atoms with van der Waals surface area (Å²) < 4.78 is 1.82. The monoisotopic (exact) mass is 324 g/mol. The van der Waals surface area contributed by atoms with E-state index in [0.717, 1.165) is 0 Å². The van der Waals surface area contributed by atoms with Gasteiger partial charge in [-0.15, -0.1) is 0 Å². The first kappa shape index (κ1) is 13.2. The maximum Gasteiger partial charge on any atom is 0.284 e. The molecular weight excluding hydrogens is 316 g/mol. The molecular formula is C11H9BrN4O3.